The summed E-state index contributed by atoms with van der Waals surface area (Å²) in [6, 6.07) is 5.44. The molecular weight excluding hydrogens is 324 g/mol. The number of hydrogen-bond donors (Lipinski definition) is 1. The predicted molar refractivity (Wildman–Crippen MR) is 87.8 cm³/mol. The van der Waals surface area contributed by atoms with Crippen molar-refractivity contribution in [2.24, 2.45) is 0 Å². The molecule has 118 valence electrons. The zero-order valence-electron chi connectivity index (χ0n) is 12.2. The minimum absolute atomic E-state index is 0.00141. The van der Waals surface area contributed by atoms with E-state index in [0.717, 1.165) is 42.8 Å². The van der Waals surface area contributed by atoms with Crippen LogP contribution in [0.2, 0.25) is 5.02 Å². The molecule has 1 fully saturated rings. The van der Waals surface area contributed by atoms with Crippen LogP contribution in [0.3, 0.4) is 0 Å². The Hall–Kier alpha value is -1.44. The SMILES string of the molecule is CS(=O)(=O)NC1CCN(c2cnc3cc(Cl)ccc3n2)CC1. The molecule has 0 unspecified atom stereocenters. The standard InChI is InChI=1S/C14H17ClN4O2S/c1-22(20,21)18-11-4-6-19(7-5-11)14-9-16-13-8-10(15)2-3-12(13)17-14/h2-3,8-9,11,18H,4-7H2,1H3. The number of piperidine rings is 1. The Kier molecular flexibility index (Phi) is 4.20. The van der Waals surface area contributed by atoms with Crippen LogP contribution < -0.4 is 9.62 Å². The molecule has 1 saturated heterocycles. The number of anilines is 1. The number of halogens is 1. The molecule has 6 nitrogen and oxygen atoms in total. The molecule has 0 aliphatic carbocycles. The van der Waals surface area contributed by atoms with E-state index in [1.54, 1.807) is 18.3 Å². The lowest BCUT2D eigenvalue weighted by atomic mass is 10.1. The van der Waals surface area contributed by atoms with Crippen LogP contribution in [-0.2, 0) is 10.0 Å². The van der Waals surface area contributed by atoms with E-state index in [9.17, 15) is 8.42 Å². The summed E-state index contributed by atoms with van der Waals surface area (Å²) in [4.78, 5) is 11.1. The van der Waals surface area contributed by atoms with Crippen molar-refractivity contribution in [1.82, 2.24) is 14.7 Å². The second kappa shape index (κ2) is 5.98. The van der Waals surface area contributed by atoms with Gasteiger partial charge in [0, 0.05) is 24.2 Å². The van der Waals surface area contributed by atoms with Crippen LogP contribution in [-0.4, -0.2) is 43.8 Å². The van der Waals surface area contributed by atoms with Crippen molar-refractivity contribution in [2.75, 3.05) is 24.2 Å². The summed E-state index contributed by atoms with van der Waals surface area (Å²) in [7, 11) is -3.15. The highest BCUT2D eigenvalue weighted by atomic mass is 35.5. The lowest BCUT2D eigenvalue weighted by Gasteiger charge is -2.32. The van der Waals surface area contributed by atoms with E-state index in [1.165, 1.54) is 6.26 Å². The van der Waals surface area contributed by atoms with Crippen molar-refractivity contribution in [3.8, 4) is 0 Å². The maximum atomic E-state index is 11.3. The van der Waals surface area contributed by atoms with Crippen LogP contribution in [0.4, 0.5) is 5.82 Å². The first kappa shape index (κ1) is 15.5. The Morgan fingerprint density at radius 1 is 1.27 bits per heavy atom. The van der Waals surface area contributed by atoms with E-state index in [0.29, 0.717) is 5.02 Å². The van der Waals surface area contributed by atoms with Crippen molar-refractivity contribution in [1.29, 1.82) is 0 Å². The Bertz CT molecular complexity index is 789. The summed E-state index contributed by atoms with van der Waals surface area (Å²) in [6.45, 7) is 1.50. The molecule has 1 N–H and O–H groups in total. The van der Waals surface area contributed by atoms with Gasteiger partial charge in [0.15, 0.2) is 0 Å². The molecule has 2 heterocycles. The average Bonchev–Trinajstić information content (AvgIpc) is 2.46. The molecule has 8 heteroatoms. The first-order valence-electron chi connectivity index (χ1n) is 7.05. The molecule has 0 spiro atoms. The number of sulfonamides is 1. The third-order valence-corrected chi connectivity index (χ3v) is 4.69. The van der Waals surface area contributed by atoms with Crippen molar-refractivity contribution in [3.05, 3.63) is 29.4 Å². The number of aromatic nitrogens is 2. The minimum Gasteiger partial charge on any atom is -0.355 e. The van der Waals surface area contributed by atoms with Crippen molar-refractivity contribution >= 4 is 38.5 Å². The first-order chi connectivity index (χ1) is 10.4. The van der Waals surface area contributed by atoms with E-state index in [-0.39, 0.29) is 6.04 Å². The lowest BCUT2D eigenvalue weighted by Crippen LogP contribution is -2.44. The molecule has 1 aromatic heterocycles. The summed E-state index contributed by atoms with van der Waals surface area (Å²) in [5.41, 5.74) is 1.57. The van der Waals surface area contributed by atoms with Gasteiger partial charge in [-0.1, -0.05) is 11.6 Å². The van der Waals surface area contributed by atoms with Gasteiger partial charge in [0.1, 0.15) is 5.82 Å². The van der Waals surface area contributed by atoms with E-state index in [1.807, 2.05) is 6.07 Å². The van der Waals surface area contributed by atoms with Crippen LogP contribution in [0.1, 0.15) is 12.8 Å². The Labute approximate surface area is 134 Å². The highest BCUT2D eigenvalue weighted by Crippen LogP contribution is 2.22. The summed E-state index contributed by atoms with van der Waals surface area (Å²) < 4.78 is 25.2. The highest BCUT2D eigenvalue weighted by Gasteiger charge is 2.22. The van der Waals surface area contributed by atoms with Gasteiger partial charge in [0.25, 0.3) is 0 Å². The summed E-state index contributed by atoms with van der Waals surface area (Å²) >= 11 is 5.94. The summed E-state index contributed by atoms with van der Waals surface area (Å²) in [5.74, 6) is 0.813. The van der Waals surface area contributed by atoms with Crippen molar-refractivity contribution < 1.29 is 8.42 Å². The molecule has 1 aliphatic heterocycles. The average molecular weight is 341 g/mol. The number of fused-ring (bicyclic) bond motifs is 1. The van der Waals surface area contributed by atoms with Gasteiger partial charge in [-0.25, -0.2) is 18.1 Å². The van der Waals surface area contributed by atoms with Gasteiger partial charge in [-0.15, -0.1) is 0 Å². The van der Waals surface area contributed by atoms with Crippen LogP contribution in [0.25, 0.3) is 11.0 Å². The van der Waals surface area contributed by atoms with Crippen LogP contribution in [0.5, 0.6) is 0 Å². The molecule has 1 aliphatic rings. The summed E-state index contributed by atoms with van der Waals surface area (Å²) in [5, 5.41) is 0.641. The lowest BCUT2D eigenvalue weighted by molar-refractivity contribution is 0.460. The van der Waals surface area contributed by atoms with E-state index in [4.69, 9.17) is 11.6 Å². The predicted octanol–water partition coefficient (Wildman–Crippen LogP) is 1.80. The zero-order valence-corrected chi connectivity index (χ0v) is 13.7. The normalized spacial score (nSPS) is 17.1. The second-order valence-corrected chi connectivity index (χ2v) is 7.73. The molecular formula is C14H17ClN4O2S. The number of nitrogens with one attached hydrogen (secondary N) is 1. The van der Waals surface area contributed by atoms with E-state index in [2.05, 4.69) is 19.6 Å². The molecule has 0 bridgehead atoms. The van der Waals surface area contributed by atoms with Gasteiger partial charge in [0.05, 0.1) is 23.5 Å². The van der Waals surface area contributed by atoms with Crippen molar-refractivity contribution in [2.45, 2.75) is 18.9 Å². The third-order valence-electron chi connectivity index (χ3n) is 3.69. The number of benzene rings is 1. The maximum Gasteiger partial charge on any atom is 0.208 e. The van der Waals surface area contributed by atoms with E-state index >= 15 is 0 Å². The Morgan fingerprint density at radius 2 is 2.00 bits per heavy atom. The highest BCUT2D eigenvalue weighted by molar-refractivity contribution is 7.88. The topological polar surface area (TPSA) is 75.2 Å². The van der Waals surface area contributed by atoms with Gasteiger partial charge in [-0.3, -0.25) is 4.98 Å². The molecule has 2 aromatic rings. The Morgan fingerprint density at radius 3 is 2.68 bits per heavy atom. The van der Waals surface area contributed by atoms with Crippen LogP contribution >= 0.6 is 11.6 Å². The van der Waals surface area contributed by atoms with Gasteiger partial charge in [-0.2, -0.15) is 0 Å². The summed E-state index contributed by atoms with van der Waals surface area (Å²) in [6.07, 6.45) is 4.45. The van der Waals surface area contributed by atoms with Crippen LogP contribution in [0, 0.1) is 0 Å². The van der Waals surface area contributed by atoms with Gasteiger partial charge >= 0.3 is 0 Å². The first-order valence-corrected chi connectivity index (χ1v) is 9.32. The van der Waals surface area contributed by atoms with E-state index < -0.39 is 10.0 Å². The third kappa shape index (κ3) is 3.66. The second-order valence-electron chi connectivity index (χ2n) is 5.51. The molecule has 22 heavy (non-hydrogen) atoms. The molecule has 1 aromatic carbocycles. The van der Waals surface area contributed by atoms with Gasteiger partial charge in [0.2, 0.25) is 10.0 Å². The van der Waals surface area contributed by atoms with Gasteiger partial charge < -0.3 is 4.90 Å². The Balaban J connectivity index is 1.72. The molecule has 0 radical (unpaired) electrons. The minimum atomic E-state index is -3.15. The van der Waals surface area contributed by atoms with Gasteiger partial charge in [-0.05, 0) is 31.0 Å². The quantitative estimate of drug-likeness (QED) is 0.922. The number of nitrogens with zero attached hydrogens (tertiary/aromatic N) is 3. The maximum absolute atomic E-state index is 11.3. The molecule has 0 amide bonds. The fraction of sp³-hybridized carbons (Fsp3) is 0.429. The number of hydrogen-bond acceptors (Lipinski definition) is 5. The monoisotopic (exact) mass is 340 g/mol. The smallest absolute Gasteiger partial charge is 0.208 e. The zero-order chi connectivity index (χ0) is 15.7. The fourth-order valence-corrected chi connectivity index (χ4v) is 3.66. The number of rotatable bonds is 3. The van der Waals surface area contributed by atoms with Crippen LogP contribution in [0.15, 0.2) is 24.4 Å². The van der Waals surface area contributed by atoms with Crippen molar-refractivity contribution in [3.63, 3.8) is 0 Å². The molecule has 0 atom stereocenters. The fourth-order valence-electron chi connectivity index (χ4n) is 2.66. The molecule has 3 rings (SSSR count). The largest absolute Gasteiger partial charge is 0.355 e. The molecule has 0 saturated carbocycles.